The maximum absolute atomic E-state index is 11.9. The number of carbonyl (C=O) groups is 1. The third-order valence-corrected chi connectivity index (χ3v) is 3.51. The minimum Gasteiger partial charge on any atom is -0.355 e. The molecule has 0 fully saturated rings. The number of carbonyl (C=O) groups excluding carboxylic acids is 1. The Balaban J connectivity index is 1.64. The van der Waals surface area contributed by atoms with Gasteiger partial charge in [-0.05, 0) is 12.1 Å². The van der Waals surface area contributed by atoms with Crippen molar-refractivity contribution in [3.05, 3.63) is 42.2 Å². The summed E-state index contributed by atoms with van der Waals surface area (Å²) in [6, 6.07) is 3.46. The van der Waals surface area contributed by atoms with Gasteiger partial charge in [0, 0.05) is 52.0 Å². The van der Waals surface area contributed by atoms with Crippen LogP contribution in [0.4, 0.5) is 0 Å². The van der Waals surface area contributed by atoms with E-state index in [9.17, 15) is 4.79 Å². The monoisotopic (exact) mass is 344 g/mol. The summed E-state index contributed by atoms with van der Waals surface area (Å²) in [7, 11) is 1.71. The van der Waals surface area contributed by atoms with Gasteiger partial charge in [0.05, 0.1) is 5.56 Å². The Morgan fingerprint density at radius 2 is 2.04 bits per heavy atom. The molecule has 0 radical (unpaired) electrons. The molecule has 0 aliphatic carbocycles. The number of aryl methyl sites for hydroxylation is 1. The van der Waals surface area contributed by atoms with Gasteiger partial charge in [-0.1, -0.05) is 6.92 Å². The van der Waals surface area contributed by atoms with Gasteiger partial charge >= 0.3 is 0 Å². The molecular weight excluding hydrogens is 320 g/mol. The molecular formula is C16H24N8O. The van der Waals surface area contributed by atoms with E-state index in [-0.39, 0.29) is 5.91 Å². The Labute approximate surface area is 147 Å². The number of nitrogens with one attached hydrogen (secondary N) is 3. The largest absolute Gasteiger partial charge is 0.355 e. The van der Waals surface area contributed by atoms with Crippen LogP contribution in [0.15, 0.2) is 35.8 Å². The molecule has 0 spiro atoms. The fraction of sp³-hybridized carbons (Fsp3) is 0.438. The Bertz CT molecular complexity index is 682. The average molecular weight is 344 g/mol. The van der Waals surface area contributed by atoms with Gasteiger partial charge in [-0.2, -0.15) is 0 Å². The fourth-order valence-electron chi connectivity index (χ4n) is 2.21. The quantitative estimate of drug-likeness (QED) is 0.348. The van der Waals surface area contributed by atoms with E-state index in [4.69, 9.17) is 0 Å². The van der Waals surface area contributed by atoms with E-state index in [1.54, 1.807) is 37.9 Å². The second kappa shape index (κ2) is 10.0. The third kappa shape index (κ3) is 5.87. The first-order valence-electron chi connectivity index (χ1n) is 8.24. The van der Waals surface area contributed by atoms with Crippen molar-refractivity contribution in [1.82, 2.24) is 35.7 Å². The predicted molar refractivity (Wildman–Crippen MR) is 95.3 cm³/mol. The summed E-state index contributed by atoms with van der Waals surface area (Å²) in [5, 5.41) is 17.2. The van der Waals surface area contributed by atoms with Crippen LogP contribution in [0.5, 0.6) is 0 Å². The summed E-state index contributed by atoms with van der Waals surface area (Å²) in [6.45, 7) is 4.56. The number of guanidine groups is 1. The van der Waals surface area contributed by atoms with Gasteiger partial charge in [-0.15, -0.1) is 10.2 Å². The summed E-state index contributed by atoms with van der Waals surface area (Å²) < 4.78 is 2.01. The molecule has 2 aromatic rings. The predicted octanol–water partition coefficient (Wildman–Crippen LogP) is -0.169. The van der Waals surface area contributed by atoms with Gasteiger partial charge in [0.2, 0.25) is 0 Å². The molecule has 3 N–H and O–H groups in total. The van der Waals surface area contributed by atoms with Crippen LogP contribution in [0.1, 0.15) is 23.1 Å². The van der Waals surface area contributed by atoms with Gasteiger partial charge in [-0.25, -0.2) is 0 Å². The molecule has 0 saturated heterocycles. The van der Waals surface area contributed by atoms with Crippen molar-refractivity contribution in [2.24, 2.45) is 4.99 Å². The van der Waals surface area contributed by atoms with E-state index >= 15 is 0 Å². The average Bonchev–Trinajstić information content (AvgIpc) is 3.11. The molecule has 1 amide bonds. The molecule has 0 aliphatic heterocycles. The number of hydrogen-bond acceptors (Lipinski definition) is 5. The minimum absolute atomic E-state index is 0.141. The van der Waals surface area contributed by atoms with E-state index in [1.807, 2.05) is 11.5 Å². The topological polar surface area (TPSA) is 109 Å². The zero-order chi connectivity index (χ0) is 17.9. The van der Waals surface area contributed by atoms with Crippen LogP contribution >= 0.6 is 0 Å². The van der Waals surface area contributed by atoms with Crippen LogP contribution in [-0.2, 0) is 13.0 Å². The van der Waals surface area contributed by atoms with Crippen LogP contribution < -0.4 is 16.0 Å². The van der Waals surface area contributed by atoms with Crippen molar-refractivity contribution in [3.8, 4) is 0 Å². The summed E-state index contributed by atoms with van der Waals surface area (Å²) in [5.74, 6) is 1.50. The maximum atomic E-state index is 11.9. The van der Waals surface area contributed by atoms with Crippen LogP contribution in [0.3, 0.4) is 0 Å². The van der Waals surface area contributed by atoms with Crippen molar-refractivity contribution < 1.29 is 4.79 Å². The second-order valence-electron chi connectivity index (χ2n) is 5.22. The SMILES string of the molecule is CCc1nncn1CCNC(=NC)NCCNC(=O)c1cccnc1. The molecule has 9 heteroatoms. The smallest absolute Gasteiger partial charge is 0.252 e. The normalized spacial score (nSPS) is 11.2. The number of nitrogens with zero attached hydrogens (tertiary/aromatic N) is 5. The van der Waals surface area contributed by atoms with E-state index in [0.717, 1.165) is 18.8 Å². The summed E-state index contributed by atoms with van der Waals surface area (Å²) in [6.07, 6.45) is 5.75. The maximum Gasteiger partial charge on any atom is 0.252 e. The molecule has 0 aliphatic rings. The van der Waals surface area contributed by atoms with Gasteiger partial charge in [0.1, 0.15) is 12.2 Å². The van der Waals surface area contributed by atoms with E-state index in [1.165, 1.54) is 0 Å². The second-order valence-corrected chi connectivity index (χ2v) is 5.22. The molecule has 2 rings (SSSR count). The van der Waals surface area contributed by atoms with Gasteiger partial charge in [-0.3, -0.25) is 14.8 Å². The lowest BCUT2D eigenvalue weighted by Crippen LogP contribution is -2.42. The first-order chi connectivity index (χ1) is 12.2. The molecule has 0 saturated carbocycles. The number of rotatable bonds is 8. The first-order valence-corrected chi connectivity index (χ1v) is 8.24. The van der Waals surface area contributed by atoms with Crippen LogP contribution in [0.2, 0.25) is 0 Å². The number of amides is 1. The minimum atomic E-state index is -0.141. The molecule has 2 aromatic heterocycles. The van der Waals surface area contributed by atoms with E-state index in [2.05, 4.69) is 36.1 Å². The van der Waals surface area contributed by atoms with Crippen molar-refractivity contribution in [1.29, 1.82) is 0 Å². The Kier molecular flexibility index (Phi) is 7.36. The van der Waals surface area contributed by atoms with Gasteiger partial charge < -0.3 is 20.5 Å². The molecule has 0 unspecified atom stereocenters. The highest BCUT2D eigenvalue weighted by Crippen LogP contribution is 1.95. The van der Waals surface area contributed by atoms with Crippen LogP contribution in [0, 0.1) is 0 Å². The lowest BCUT2D eigenvalue weighted by Gasteiger charge is -2.13. The number of aliphatic imine (C=N–C) groups is 1. The van der Waals surface area contributed by atoms with Crippen LogP contribution in [0.25, 0.3) is 0 Å². The van der Waals surface area contributed by atoms with Crippen molar-refractivity contribution in [2.75, 3.05) is 26.7 Å². The van der Waals surface area contributed by atoms with Gasteiger partial charge in [0.15, 0.2) is 5.96 Å². The van der Waals surface area contributed by atoms with Crippen LogP contribution in [-0.4, -0.2) is 58.3 Å². The molecule has 134 valence electrons. The molecule has 0 aromatic carbocycles. The van der Waals surface area contributed by atoms with Crippen molar-refractivity contribution in [3.63, 3.8) is 0 Å². The zero-order valence-electron chi connectivity index (χ0n) is 14.6. The lowest BCUT2D eigenvalue weighted by atomic mass is 10.3. The first kappa shape index (κ1) is 18.4. The highest BCUT2D eigenvalue weighted by atomic mass is 16.1. The van der Waals surface area contributed by atoms with E-state index < -0.39 is 0 Å². The summed E-state index contributed by atoms with van der Waals surface area (Å²) in [5.41, 5.74) is 0.547. The van der Waals surface area contributed by atoms with E-state index in [0.29, 0.717) is 31.2 Å². The Hall–Kier alpha value is -2.97. The Morgan fingerprint density at radius 1 is 1.24 bits per heavy atom. The zero-order valence-corrected chi connectivity index (χ0v) is 14.6. The molecule has 0 atom stereocenters. The standard InChI is InChI=1S/C16H24N8O/c1-3-14-23-22-12-24(14)10-9-21-16(17-2)20-8-7-19-15(25)13-5-4-6-18-11-13/h4-6,11-12H,3,7-10H2,1-2H3,(H,19,25)(H2,17,20,21). The molecule has 2 heterocycles. The van der Waals surface area contributed by atoms with Crippen molar-refractivity contribution in [2.45, 2.75) is 19.9 Å². The fourth-order valence-corrected chi connectivity index (χ4v) is 2.21. The third-order valence-electron chi connectivity index (χ3n) is 3.51. The number of pyridine rings is 1. The lowest BCUT2D eigenvalue weighted by molar-refractivity contribution is 0.0954. The van der Waals surface area contributed by atoms with Gasteiger partial charge in [0.25, 0.3) is 5.91 Å². The highest BCUT2D eigenvalue weighted by Gasteiger charge is 2.04. The van der Waals surface area contributed by atoms with Crippen molar-refractivity contribution >= 4 is 11.9 Å². The highest BCUT2D eigenvalue weighted by molar-refractivity contribution is 5.93. The molecule has 9 nitrogen and oxygen atoms in total. The molecule has 0 bridgehead atoms. The Morgan fingerprint density at radius 3 is 2.76 bits per heavy atom. The molecule has 25 heavy (non-hydrogen) atoms. The summed E-state index contributed by atoms with van der Waals surface area (Å²) in [4.78, 5) is 20.0. The number of aromatic nitrogens is 4. The summed E-state index contributed by atoms with van der Waals surface area (Å²) >= 11 is 0. The number of hydrogen-bond donors (Lipinski definition) is 3.